The van der Waals surface area contributed by atoms with Crippen molar-refractivity contribution in [1.82, 2.24) is 0 Å². The molecule has 0 aromatic rings. The van der Waals surface area contributed by atoms with E-state index in [0.717, 1.165) is 38.9 Å². The van der Waals surface area contributed by atoms with Crippen LogP contribution in [-0.4, -0.2) is 19.5 Å². The highest BCUT2D eigenvalue weighted by Crippen LogP contribution is 2.14. The molecule has 0 rings (SSSR count). The second kappa shape index (κ2) is 32.2. The fourth-order valence-corrected chi connectivity index (χ4v) is 4.33. The van der Waals surface area contributed by atoms with Crippen LogP contribution in [0.3, 0.4) is 0 Å². The van der Waals surface area contributed by atoms with Crippen molar-refractivity contribution in [2.45, 2.75) is 168 Å². The lowest BCUT2D eigenvalue weighted by Gasteiger charge is -2.19. The highest BCUT2D eigenvalue weighted by molar-refractivity contribution is 5.02. The summed E-state index contributed by atoms with van der Waals surface area (Å²) in [5.74, 6) is 0. The third kappa shape index (κ3) is 29.4. The summed E-state index contributed by atoms with van der Waals surface area (Å²) >= 11 is 0. The van der Waals surface area contributed by atoms with Crippen molar-refractivity contribution in [2.24, 2.45) is 0 Å². The zero-order valence-corrected chi connectivity index (χ0v) is 24.8. The number of hydrogen-bond donors (Lipinski definition) is 0. The molecule has 36 heavy (non-hydrogen) atoms. The first-order chi connectivity index (χ1) is 17.8. The summed E-state index contributed by atoms with van der Waals surface area (Å²) in [6, 6.07) is 0. The normalized spacial score (nSPS) is 12.3. The molecule has 0 atom stereocenters. The second-order valence-corrected chi connectivity index (χ2v) is 10.4. The summed E-state index contributed by atoms with van der Waals surface area (Å²) < 4.78 is 12.4. The maximum Gasteiger partial charge on any atom is 0.157 e. The zero-order chi connectivity index (χ0) is 26.2. The van der Waals surface area contributed by atoms with Gasteiger partial charge in [0.25, 0.3) is 0 Å². The highest BCUT2D eigenvalue weighted by Gasteiger charge is 2.09. The summed E-state index contributed by atoms with van der Waals surface area (Å²) in [6.07, 6.45) is 41.5. The van der Waals surface area contributed by atoms with E-state index in [4.69, 9.17) is 9.47 Å². The lowest BCUT2D eigenvalue weighted by Crippen LogP contribution is -2.19. The Bertz CT molecular complexity index is 460. The zero-order valence-electron chi connectivity index (χ0n) is 24.8. The van der Waals surface area contributed by atoms with E-state index in [2.05, 4.69) is 57.2 Å². The Hall–Kier alpha value is -0.860. The molecule has 0 N–H and O–H groups in total. The van der Waals surface area contributed by atoms with Crippen molar-refractivity contribution in [3.63, 3.8) is 0 Å². The number of allylic oxidation sites excluding steroid dienone is 6. The molecule has 2 nitrogen and oxygen atoms in total. The molecule has 2 heteroatoms. The predicted octanol–water partition coefficient (Wildman–Crippen LogP) is 11.7. The molecular weight excluding hydrogens is 440 g/mol. The minimum absolute atomic E-state index is 0.00858. The molecule has 0 aliphatic rings. The first-order valence-corrected chi connectivity index (χ1v) is 16.0. The Morgan fingerprint density at radius 1 is 0.444 bits per heavy atom. The average molecular weight is 505 g/mol. The smallest absolute Gasteiger partial charge is 0.157 e. The summed E-state index contributed by atoms with van der Waals surface area (Å²) in [5.41, 5.74) is 0. The van der Waals surface area contributed by atoms with Gasteiger partial charge in [0, 0.05) is 13.2 Å². The van der Waals surface area contributed by atoms with E-state index < -0.39 is 0 Å². The molecule has 0 spiro atoms. The van der Waals surface area contributed by atoms with Crippen LogP contribution in [0.1, 0.15) is 162 Å². The van der Waals surface area contributed by atoms with Gasteiger partial charge in [-0.3, -0.25) is 0 Å². The van der Waals surface area contributed by atoms with Crippen molar-refractivity contribution in [2.75, 3.05) is 13.2 Å². The predicted molar refractivity (Wildman–Crippen MR) is 162 cm³/mol. The Kier molecular flexibility index (Phi) is 31.4. The maximum absolute atomic E-state index is 6.19. The van der Waals surface area contributed by atoms with E-state index in [1.165, 1.54) is 116 Å². The minimum Gasteiger partial charge on any atom is -0.353 e. The van der Waals surface area contributed by atoms with Crippen LogP contribution in [0.25, 0.3) is 0 Å². The minimum atomic E-state index is 0.00858. The van der Waals surface area contributed by atoms with Gasteiger partial charge < -0.3 is 9.47 Å². The molecular formula is C34H64O2. The third-order valence-electron chi connectivity index (χ3n) is 6.70. The van der Waals surface area contributed by atoms with Crippen molar-refractivity contribution >= 4 is 0 Å². The Balaban J connectivity index is 3.94. The van der Waals surface area contributed by atoms with Crippen molar-refractivity contribution in [3.8, 4) is 0 Å². The van der Waals surface area contributed by atoms with Gasteiger partial charge in [-0.2, -0.15) is 0 Å². The van der Waals surface area contributed by atoms with Gasteiger partial charge in [-0.05, 0) is 57.8 Å². The lowest BCUT2D eigenvalue weighted by atomic mass is 10.1. The van der Waals surface area contributed by atoms with Crippen LogP contribution in [0.5, 0.6) is 0 Å². The van der Waals surface area contributed by atoms with Crippen LogP contribution in [0, 0.1) is 0 Å². The standard InChI is InChI=1S/C34H64O2/c1-4-7-10-13-16-17-18-19-20-21-22-25-28-31-34(35-32-29-26-23-14-11-8-5-2)36-33-30-27-24-15-12-9-6-3/h7,10,13,16,19-20,34H,4-6,8-9,11-12,14-15,17-18,21-33H2,1-3H3/b10-7+,16-13-,20-19-. The summed E-state index contributed by atoms with van der Waals surface area (Å²) in [6.45, 7) is 8.46. The second-order valence-electron chi connectivity index (χ2n) is 10.4. The van der Waals surface area contributed by atoms with Gasteiger partial charge in [0.05, 0.1) is 0 Å². The highest BCUT2D eigenvalue weighted by atomic mass is 16.7. The molecule has 0 heterocycles. The molecule has 212 valence electrons. The van der Waals surface area contributed by atoms with Crippen LogP contribution in [0.15, 0.2) is 36.5 Å². The monoisotopic (exact) mass is 504 g/mol. The quantitative estimate of drug-likeness (QED) is 0.0436. The topological polar surface area (TPSA) is 18.5 Å². The van der Waals surface area contributed by atoms with Crippen molar-refractivity contribution in [1.29, 1.82) is 0 Å². The molecule has 0 saturated heterocycles. The van der Waals surface area contributed by atoms with E-state index in [1.54, 1.807) is 0 Å². The maximum atomic E-state index is 6.19. The molecule has 0 fully saturated rings. The molecule has 0 amide bonds. The van der Waals surface area contributed by atoms with Crippen molar-refractivity contribution in [3.05, 3.63) is 36.5 Å². The molecule has 0 saturated carbocycles. The molecule has 0 aliphatic heterocycles. The fourth-order valence-electron chi connectivity index (χ4n) is 4.33. The van der Waals surface area contributed by atoms with E-state index in [-0.39, 0.29) is 6.29 Å². The van der Waals surface area contributed by atoms with Gasteiger partial charge in [0.1, 0.15) is 0 Å². The van der Waals surface area contributed by atoms with E-state index in [1.807, 2.05) is 0 Å². The van der Waals surface area contributed by atoms with Gasteiger partial charge in [0.15, 0.2) is 6.29 Å². The lowest BCUT2D eigenvalue weighted by molar-refractivity contribution is -0.148. The number of hydrogen-bond acceptors (Lipinski definition) is 2. The largest absolute Gasteiger partial charge is 0.353 e. The number of rotatable bonds is 29. The van der Waals surface area contributed by atoms with Crippen LogP contribution in [-0.2, 0) is 9.47 Å². The number of ether oxygens (including phenoxy) is 2. The molecule has 0 aromatic carbocycles. The summed E-state index contributed by atoms with van der Waals surface area (Å²) in [5, 5.41) is 0. The van der Waals surface area contributed by atoms with Gasteiger partial charge in [-0.25, -0.2) is 0 Å². The van der Waals surface area contributed by atoms with Gasteiger partial charge in [-0.1, -0.05) is 141 Å². The SMILES string of the molecule is CC/C=C/C=C\CC/C=C\CCCCCC(OCCCCCCCCC)OCCCCCCCCC. The van der Waals surface area contributed by atoms with Gasteiger partial charge in [-0.15, -0.1) is 0 Å². The Labute approximate surface area is 227 Å². The molecule has 0 unspecified atom stereocenters. The summed E-state index contributed by atoms with van der Waals surface area (Å²) in [7, 11) is 0. The Morgan fingerprint density at radius 2 is 0.917 bits per heavy atom. The summed E-state index contributed by atoms with van der Waals surface area (Å²) in [4.78, 5) is 0. The molecule has 0 bridgehead atoms. The Morgan fingerprint density at radius 3 is 1.50 bits per heavy atom. The van der Waals surface area contributed by atoms with E-state index >= 15 is 0 Å². The van der Waals surface area contributed by atoms with Gasteiger partial charge >= 0.3 is 0 Å². The molecule has 0 radical (unpaired) electrons. The van der Waals surface area contributed by atoms with Crippen LogP contribution in [0.4, 0.5) is 0 Å². The average Bonchev–Trinajstić information content (AvgIpc) is 2.89. The molecule has 0 aliphatic carbocycles. The van der Waals surface area contributed by atoms with Crippen LogP contribution < -0.4 is 0 Å². The van der Waals surface area contributed by atoms with Gasteiger partial charge in [0.2, 0.25) is 0 Å². The van der Waals surface area contributed by atoms with Crippen molar-refractivity contribution < 1.29 is 9.47 Å². The van der Waals surface area contributed by atoms with E-state index in [0.29, 0.717) is 0 Å². The first kappa shape index (κ1) is 35.1. The van der Waals surface area contributed by atoms with Crippen LogP contribution in [0.2, 0.25) is 0 Å². The van der Waals surface area contributed by atoms with Crippen LogP contribution >= 0.6 is 0 Å². The fraction of sp³-hybridized carbons (Fsp3) is 0.824. The third-order valence-corrected chi connectivity index (χ3v) is 6.70. The van der Waals surface area contributed by atoms with E-state index in [9.17, 15) is 0 Å². The number of unbranched alkanes of at least 4 members (excludes halogenated alkanes) is 16. The molecule has 0 aromatic heterocycles. The first-order valence-electron chi connectivity index (χ1n) is 16.0.